The Labute approximate surface area is 101 Å². The Morgan fingerprint density at radius 2 is 2.41 bits per heavy atom. The molecule has 3 rings (SSSR count). The van der Waals surface area contributed by atoms with Crippen molar-refractivity contribution < 1.29 is 5.11 Å². The maximum atomic E-state index is 11.7. The molecule has 1 aliphatic rings. The minimum absolute atomic E-state index is 0.0382. The van der Waals surface area contributed by atoms with Crippen LogP contribution >= 0.6 is 11.3 Å². The van der Waals surface area contributed by atoms with Crippen molar-refractivity contribution in [2.45, 2.75) is 25.3 Å². The highest BCUT2D eigenvalue weighted by Crippen LogP contribution is 2.44. The van der Waals surface area contributed by atoms with Gasteiger partial charge in [0.15, 0.2) is 5.65 Å². The van der Waals surface area contributed by atoms with E-state index in [1.54, 1.807) is 0 Å². The molecule has 1 saturated carbocycles. The lowest BCUT2D eigenvalue weighted by Gasteiger charge is -2.01. The zero-order chi connectivity index (χ0) is 12.0. The molecular weight excluding hydrogens is 238 g/mol. The van der Waals surface area contributed by atoms with E-state index in [2.05, 4.69) is 4.98 Å². The van der Waals surface area contributed by atoms with E-state index in [-0.39, 0.29) is 17.9 Å². The average molecular weight is 247 g/mol. The van der Waals surface area contributed by atoms with Gasteiger partial charge in [-0.3, -0.25) is 9.36 Å². The fraction of sp³-hybridized carbons (Fsp3) is 0.364. The van der Waals surface area contributed by atoms with Crippen molar-refractivity contribution in [3.63, 3.8) is 0 Å². The monoisotopic (exact) mass is 247 g/mol. The van der Waals surface area contributed by atoms with Crippen LogP contribution in [0.2, 0.25) is 0 Å². The summed E-state index contributed by atoms with van der Waals surface area (Å²) in [5.74, 6) is 0.432. The molecule has 0 aromatic carbocycles. The zero-order valence-electron chi connectivity index (χ0n) is 8.88. The van der Waals surface area contributed by atoms with Gasteiger partial charge in [0.2, 0.25) is 0 Å². The summed E-state index contributed by atoms with van der Waals surface area (Å²) in [6, 6.07) is 3.08. The standard InChI is InChI=1S/C11H9N3O2S/c12-3-4-14-8(16)5-7(15)9-10(14)13-11(17-9)6-1-2-6/h5-6,15H,1-2,4H2. The van der Waals surface area contributed by atoms with Crippen LogP contribution in [-0.4, -0.2) is 14.7 Å². The first-order chi connectivity index (χ1) is 8.20. The smallest absolute Gasteiger partial charge is 0.256 e. The molecule has 0 saturated heterocycles. The van der Waals surface area contributed by atoms with E-state index in [1.165, 1.54) is 15.9 Å². The van der Waals surface area contributed by atoms with Gasteiger partial charge in [0.25, 0.3) is 5.56 Å². The summed E-state index contributed by atoms with van der Waals surface area (Å²) in [6.45, 7) is -0.0382. The molecule has 1 fully saturated rings. The van der Waals surface area contributed by atoms with E-state index < -0.39 is 0 Å². The first kappa shape index (κ1) is 10.3. The summed E-state index contributed by atoms with van der Waals surface area (Å²) < 4.78 is 1.90. The minimum Gasteiger partial charge on any atom is -0.506 e. The van der Waals surface area contributed by atoms with Crippen LogP contribution in [0.5, 0.6) is 5.75 Å². The molecule has 2 heterocycles. The van der Waals surface area contributed by atoms with Gasteiger partial charge in [0, 0.05) is 12.0 Å². The van der Waals surface area contributed by atoms with Gasteiger partial charge in [-0.05, 0) is 12.8 Å². The quantitative estimate of drug-likeness (QED) is 0.873. The zero-order valence-corrected chi connectivity index (χ0v) is 9.70. The highest BCUT2D eigenvalue weighted by Gasteiger charge is 2.28. The molecule has 0 radical (unpaired) electrons. The SMILES string of the molecule is N#CCn1c(=O)cc(O)c2sc(C3CC3)nc21. The van der Waals surface area contributed by atoms with Crippen LogP contribution < -0.4 is 5.56 Å². The Bertz CT molecular complexity index is 691. The number of hydrogen-bond donors (Lipinski definition) is 1. The fourth-order valence-electron chi connectivity index (χ4n) is 1.77. The van der Waals surface area contributed by atoms with Gasteiger partial charge < -0.3 is 5.11 Å². The normalized spacial score (nSPS) is 15.0. The molecule has 0 bridgehead atoms. The molecule has 0 spiro atoms. The molecule has 0 amide bonds. The Kier molecular flexibility index (Phi) is 2.16. The minimum atomic E-state index is -0.385. The van der Waals surface area contributed by atoms with Crippen LogP contribution in [0.3, 0.4) is 0 Å². The molecule has 6 heteroatoms. The number of pyridine rings is 1. The van der Waals surface area contributed by atoms with Crippen LogP contribution in [0.4, 0.5) is 0 Å². The van der Waals surface area contributed by atoms with Gasteiger partial charge >= 0.3 is 0 Å². The van der Waals surface area contributed by atoms with E-state index in [1.807, 2.05) is 6.07 Å². The van der Waals surface area contributed by atoms with Crippen LogP contribution in [-0.2, 0) is 6.54 Å². The summed E-state index contributed by atoms with van der Waals surface area (Å²) in [5.41, 5.74) is 0.0487. The van der Waals surface area contributed by atoms with Gasteiger partial charge in [-0.25, -0.2) is 4.98 Å². The van der Waals surface area contributed by atoms with E-state index in [0.717, 1.165) is 23.9 Å². The number of aromatic nitrogens is 2. The summed E-state index contributed by atoms with van der Waals surface area (Å²) in [5, 5.41) is 19.4. The van der Waals surface area contributed by atoms with Gasteiger partial charge in [0.1, 0.15) is 17.0 Å². The highest BCUT2D eigenvalue weighted by atomic mass is 32.1. The summed E-state index contributed by atoms with van der Waals surface area (Å²) >= 11 is 1.41. The van der Waals surface area contributed by atoms with Gasteiger partial charge in [-0.1, -0.05) is 0 Å². The number of thiazole rings is 1. The third-order valence-corrected chi connectivity index (χ3v) is 4.03. The van der Waals surface area contributed by atoms with Crippen molar-refractivity contribution >= 4 is 21.7 Å². The van der Waals surface area contributed by atoms with Crippen molar-refractivity contribution in [3.8, 4) is 11.8 Å². The molecule has 0 aliphatic heterocycles. The van der Waals surface area contributed by atoms with Crippen LogP contribution in [0, 0.1) is 11.3 Å². The van der Waals surface area contributed by atoms with Crippen LogP contribution in [0.15, 0.2) is 10.9 Å². The molecule has 1 N–H and O–H groups in total. The Morgan fingerprint density at radius 1 is 1.65 bits per heavy atom. The van der Waals surface area contributed by atoms with Crippen molar-refractivity contribution in [2.24, 2.45) is 0 Å². The molecule has 0 atom stereocenters. The third kappa shape index (κ3) is 1.59. The number of fused-ring (bicyclic) bond motifs is 1. The number of aromatic hydroxyl groups is 1. The molecule has 2 aromatic rings. The predicted molar refractivity (Wildman–Crippen MR) is 63.1 cm³/mol. The van der Waals surface area contributed by atoms with E-state index in [0.29, 0.717) is 16.3 Å². The molecular formula is C11H9N3O2S. The summed E-state index contributed by atoms with van der Waals surface area (Å²) in [7, 11) is 0. The van der Waals surface area contributed by atoms with E-state index in [9.17, 15) is 9.90 Å². The van der Waals surface area contributed by atoms with Crippen molar-refractivity contribution in [1.82, 2.24) is 9.55 Å². The summed E-state index contributed by atoms with van der Waals surface area (Å²) in [4.78, 5) is 16.0. The van der Waals surface area contributed by atoms with Gasteiger partial charge in [0.05, 0.1) is 11.1 Å². The van der Waals surface area contributed by atoms with Crippen LogP contribution in [0.1, 0.15) is 23.8 Å². The number of nitriles is 1. The second kappa shape index (κ2) is 3.57. The van der Waals surface area contributed by atoms with Crippen molar-refractivity contribution in [3.05, 3.63) is 21.4 Å². The third-order valence-electron chi connectivity index (χ3n) is 2.80. The number of hydrogen-bond acceptors (Lipinski definition) is 5. The maximum Gasteiger partial charge on any atom is 0.256 e. The maximum absolute atomic E-state index is 11.7. The molecule has 2 aromatic heterocycles. The molecule has 1 aliphatic carbocycles. The second-order valence-electron chi connectivity index (χ2n) is 4.09. The Balaban J connectivity index is 2.31. The lowest BCUT2D eigenvalue weighted by molar-refractivity contribution is 0.480. The van der Waals surface area contributed by atoms with Gasteiger partial charge in [-0.2, -0.15) is 5.26 Å². The Hall–Kier alpha value is -1.87. The molecule has 86 valence electrons. The van der Waals surface area contributed by atoms with E-state index in [4.69, 9.17) is 5.26 Å². The van der Waals surface area contributed by atoms with Gasteiger partial charge in [-0.15, -0.1) is 11.3 Å². The Morgan fingerprint density at radius 3 is 3.06 bits per heavy atom. The molecule has 5 nitrogen and oxygen atoms in total. The average Bonchev–Trinajstić information content (AvgIpc) is 3.04. The van der Waals surface area contributed by atoms with Crippen LogP contribution in [0.25, 0.3) is 10.3 Å². The predicted octanol–water partition coefficient (Wildman–Crippen LogP) is 1.56. The molecule has 0 unspecified atom stereocenters. The van der Waals surface area contributed by atoms with Crippen molar-refractivity contribution in [2.75, 3.05) is 0 Å². The first-order valence-corrected chi connectivity index (χ1v) is 6.12. The fourth-order valence-corrected chi connectivity index (χ4v) is 2.93. The first-order valence-electron chi connectivity index (χ1n) is 5.31. The molecule has 17 heavy (non-hydrogen) atoms. The highest BCUT2D eigenvalue weighted by molar-refractivity contribution is 7.19. The topological polar surface area (TPSA) is 78.9 Å². The lowest BCUT2D eigenvalue weighted by atomic mass is 10.4. The second-order valence-corrected chi connectivity index (χ2v) is 5.12. The number of nitrogens with zero attached hydrogens (tertiary/aromatic N) is 3. The summed E-state index contributed by atoms with van der Waals surface area (Å²) in [6.07, 6.45) is 2.23. The van der Waals surface area contributed by atoms with E-state index >= 15 is 0 Å². The largest absolute Gasteiger partial charge is 0.506 e. The lowest BCUT2D eigenvalue weighted by Crippen LogP contribution is -2.18. The number of rotatable bonds is 2. The van der Waals surface area contributed by atoms with Crippen molar-refractivity contribution in [1.29, 1.82) is 5.26 Å².